The van der Waals surface area contributed by atoms with Gasteiger partial charge < -0.3 is 15.2 Å². The summed E-state index contributed by atoms with van der Waals surface area (Å²) in [6.07, 6.45) is 1.04. The number of hydrogen-bond donors (Lipinski definition) is 2. The van der Waals surface area contributed by atoms with Gasteiger partial charge in [-0.25, -0.2) is 0 Å². The first-order valence-corrected chi connectivity index (χ1v) is 10.1. The molecule has 7 nitrogen and oxygen atoms in total. The van der Waals surface area contributed by atoms with Gasteiger partial charge in [0.1, 0.15) is 0 Å². The molecule has 0 bridgehead atoms. The number of aliphatic imine (C=N–C) groups is 1. The normalized spacial score (nSPS) is 12.2. The minimum absolute atomic E-state index is 0.407. The van der Waals surface area contributed by atoms with Crippen LogP contribution in [0.2, 0.25) is 5.02 Å². The van der Waals surface area contributed by atoms with Crippen LogP contribution in [0.5, 0.6) is 0 Å². The monoisotopic (exact) mass is 406 g/mol. The predicted molar refractivity (Wildman–Crippen MR) is 115 cm³/mol. The van der Waals surface area contributed by atoms with Gasteiger partial charge in [-0.2, -0.15) is 4.98 Å². The van der Waals surface area contributed by atoms with E-state index < -0.39 is 0 Å². The molecule has 1 heterocycles. The lowest BCUT2D eigenvalue weighted by molar-refractivity contribution is 0.173. The highest BCUT2D eigenvalue weighted by Gasteiger charge is 2.13. The highest BCUT2D eigenvalue weighted by molar-refractivity contribution is 6.30. The van der Waals surface area contributed by atoms with Crippen LogP contribution in [0.1, 0.15) is 40.0 Å². The third kappa shape index (κ3) is 6.80. The largest absolute Gasteiger partial charge is 0.356 e. The van der Waals surface area contributed by atoms with Gasteiger partial charge in [-0.15, -0.1) is 0 Å². The third-order valence-electron chi connectivity index (χ3n) is 4.41. The maximum atomic E-state index is 5.91. The molecule has 0 unspecified atom stereocenters. The fourth-order valence-electron chi connectivity index (χ4n) is 3.00. The molecule has 0 aliphatic heterocycles. The highest BCUT2D eigenvalue weighted by atomic mass is 35.5. The first-order chi connectivity index (χ1) is 13.4. The molecule has 0 aliphatic rings. The molecule has 8 heteroatoms. The molecular formula is C20H31ClN6O. The number of benzene rings is 1. The van der Waals surface area contributed by atoms with E-state index in [9.17, 15) is 0 Å². The summed E-state index contributed by atoms with van der Waals surface area (Å²) < 4.78 is 5.31. The van der Waals surface area contributed by atoms with Crippen LogP contribution in [0.3, 0.4) is 0 Å². The summed E-state index contributed by atoms with van der Waals surface area (Å²) in [5.41, 5.74) is 0.863. The van der Waals surface area contributed by atoms with Gasteiger partial charge in [-0.1, -0.05) is 16.8 Å². The lowest BCUT2D eigenvalue weighted by Crippen LogP contribution is -2.41. The van der Waals surface area contributed by atoms with E-state index >= 15 is 0 Å². The average molecular weight is 407 g/mol. The SMILES string of the molecule is CN=C(NCCCN(C(C)C)C(C)C)NCc1nc(-c2ccc(Cl)cc2)no1. The summed E-state index contributed by atoms with van der Waals surface area (Å²) in [6, 6.07) is 8.42. The van der Waals surface area contributed by atoms with E-state index in [2.05, 4.69) is 58.4 Å². The zero-order valence-electron chi connectivity index (χ0n) is 17.4. The van der Waals surface area contributed by atoms with E-state index in [0.29, 0.717) is 41.3 Å². The van der Waals surface area contributed by atoms with E-state index in [4.69, 9.17) is 16.1 Å². The van der Waals surface area contributed by atoms with Crippen LogP contribution < -0.4 is 10.6 Å². The summed E-state index contributed by atoms with van der Waals surface area (Å²) in [4.78, 5) is 11.1. The predicted octanol–water partition coefficient (Wildman–Crippen LogP) is 3.56. The molecule has 0 fully saturated rings. The van der Waals surface area contributed by atoms with Crippen LogP contribution in [0.25, 0.3) is 11.4 Å². The Balaban J connectivity index is 1.77. The number of nitrogens with zero attached hydrogens (tertiary/aromatic N) is 4. The summed E-state index contributed by atoms with van der Waals surface area (Å²) in [6.45, 7) is 11.2. The van der Waals surface area contributed by atoms with E-state index in [0.717, 1.165) is 25.1 Å². The van der Waals surface area contributed by atoms with E-state index in [1.165, 1.54) is 0 Å². The van der Waals surface area contributed by atoms with Crippen LogP contribution in [0, 0.1) is 0 Å². The Morgan fingerprint density at radius 3 is 2.43 bits per heavy atom. The Hall–Kier alpha value is -2.12. The number of aromatic nitrogens is 2. The van der Waals surface area contributed by atoms with Crippen LogP contribution in [0.15, 0.2) is 33.8 Å². The number of hydrogen-bond acceptors (Lipinski definition) is 5. The molecule has 154 valence electrons. The minimum Gasteiger partial charge on any atom is -0.356 e. The molecule has 0 atom stereocenters. The first kappa shape index (κ1) is 22.2. The van der Waals surface area contributed by atoms with Crippen molar-refractivity contribution in [2.24, 2.45) is 4.99 Å². The van der Waals surface area contributed by atoms with Crippen molar-refractivity contribution in [3.8, 4) is 11.4 Å². The van der Waals surface area contributed by atoms with Gasteiger partial charge in [0.2, 0.25) is 11.7 Å². The van der Waals surface area contributed by atoms with Crippen LogP contribution in [-0.4, -0.2) is 53.2 Å². The molecule has 2 N–H and O–H groups in total. The Morgan fingerprint density at radius 2 is 1.82 bits per heavy atom. The molecule has 0 aliphatic carbocycles. The Kier molecular flexibility index (Phi) is 8.73. The number of halogens is 1. The third-order valence-corrected chi connectivity index (χ3v) is 4.67. The Bertz CT molecular complexity index is 733. The van der Waals surface area contributed by atoms with Crippen molar-refractivity contribution in [2.45, 2.75) is 52.7 Å². The van der Waals surface area contributed by atoms with Gasteiger partial charge in [0.05, 0.1) is 6.54 Å². The fourth-order valence-corrected chi connectivity index (χ4v) is 3.13. The van der Waals surface area contributed by atoms with Crippen molar-refractivity contribution >= 4 is 17.6 Å². The zero-order valence-corrected chi connectivity index (χ0v) is 18.1. The second-order valence-corrected chi connectivity index (χ2v) is 7.59. The second kappa shape index (κ2) is 11.0. The van der Waals surface area contributed by atoms with E-state index in [1.54, 1.807) is 19.2 Å². The molecule has 0 spiro atoms. The standard InChI is InChI=1S/C20H31ClN6O/c1-14(2)27(15(3)4)12-6-11-23-20(22-5)24-13-18-25-19(26-28-18)16-7-9-17(21)10-8-16/h7-10,14-15H,6,11-13H2,1-5H3,(H2,22,23,24). The summed E-state index contributed by atoms with van der Waals surface area (Å²) in [5, 5.41) is 11.2. The van der Waals surface area contributed by atoms with Gasteiger partial charge in [-0.05, 0) is 58.4 Å². The number of nitrogens with one attached hydrogen (secondary N) is 2. The fraction of sp³-hybridized carbons (Fsp3) is 0.550. The maximum Gasteiger partial charge on any atom is 0.246 e. The summed E-state index contributed by atoms with van der Waals surface area (Å²) in [5.74, 6) is 1.75. The molecule has 0 saturated heterocycles. The van der Waals surface area contributed by atoms with Gasteiger partial charge >= 0.3 is 0 Å². The van der Waals surface area contributed by atoms with Crippen molar-refractivity contribution in [1.82, 2.24) is 25.7 Å². The lowest BCUT2D eigenvalue weighted by Gasteiger charge is -2.30. The molecule has 0 amide bonds. The first-order valence-electron chi connectivity index (χ1n) is 9.69. The van der Waals surface area contributed by atoms with Crippen LogP contribution in [0.4, 0.5) is 0 Å². The summed E-state index contributed by atoms with van der Waals surface area (Å²) in [7, 11) is 1.75. The van der Waals surface area contributed by atoms with Crippen molar-refractivity contribution in [3.05, 3.63) is 35.2 Å². The molecule has 0 radical (unpaired) electrons. The zero-order chi connectivity index (χ0) is 20.5. The number of guanidine groups is 1. The Morgan fingerprint density at radius 1 is 1.14 bits per heavy atom. The topological polar surface area (TPSA) is 78.6 Å². The average Bonchev–Trinajstić information content (AvgIpc) is 3.13. The maximum absolute atomic E-state index is 5.91. The van der Waals surface area contributed by atoms with Gasteiger partial charge in [0.25, 0.3) is 0 Å². The van der Waals surface area contributed by atoms with Crippen LogP contribution >= 0.6 is 11.6 Å². The van der Waals surface area contributed by atoms with Gasteiger partial charge in [-0.3, -0.25) is 9.89 Å². The minimum atomic E-state index is 0.407. The van der Waals surface area contributed by atoms with Gasteiger partial charge in [0.15, 0.2) is 5.96 Å². The quantitative estimate of drug-likeness (QED) is 0.376. The van der Waals surface area contributed by atoms with Crippen LogP contribution in [-0.2, 0) is 6.54 Å². The lowest BCUT2D eigenvalue weighted by atomic mass is 10.2. The number of rotatable bonds is 9. The molecule has 1 aromatic carbocycles. The molecular weight excluding hydrogens is 376 g/mol. The van der Waals surface area contributed by atoms with Crippen molar-refractivity contribution in [1.29, 1.82) is 0 Å². The van der Waals surface area contributed by atoms with E-state index in [1.807, 2.05) is 12.1 Å². The molecule has 0 saturated carbocycles. The molecule has 28 heavy (non-hydrogen) atoms. The van der Waals surface area contributed by atoms with Crippen molar-refractivity contribution < 1.29 is 4.52 Å². The van der Waals surface area contributed by atoms with Gasteiger partial charge in [0, 0.05) is 42.8 Å². The molecule has 2 aromatic rings. The highest BCUT2D eigenvalue weighted by Crippen LogP contribution is 2.18. The smallest absolute Gasteiger partial charge is 0.246 e. The van der Waals surface area contributed by atoms with E-state index in [-0.39, 0.29) is 0 Å². The van der Waals surface area contributed by atoms with Crippen molar-refractivity contribution in [2.75, 3.05) is 20.1 Å². The second-order valence-electron chi connectivity index (χ2n) is 7.15. The Labute approximate surface area is 172 Å². The van der Waals surface area contributed by atoms with Crippen molar-refractivity contribution in [3.63, 3.8) is 0 Å². The summed E-state index contributed by atoms with van der Waals surface area (Å²) >= 11 is 5.91. The molecule has 2 rings (SSSR count). The molecule has 1 aromatic heterocycles.